The van der Waals surface area contributed by atoms with Crippen LogP contribution >= 0.6 is 0 Å². The molecule has 1 N–H and O–H groups in total. The Morgan fingerprint density at radius 2 is 1.18 bits per heavy atom. The minimum Gasteiger partial charge on any atom is -0.493 e. The molecule has 0 saturated heterocycles. The molecule has 13 heteroatoms. The van der Waals surface area contributed by atoms with Crippen LogP contribution in [0.3, 0.4) is 0 Å². The standard InChI is InChI=1S/C47H43N5O8/c1-50(14-8-13-45(53)54)32-16-28(26-59-43-22-37-35(20-41(43)57-2)46(55)51-33(24-48-37)18-30-9-4-6-11-39(30)51)15-29(17-32)27-60-44-23-38-36(21-42(44)58-3)47(56)52-34(25-49-38)19-31-10-5-7-12-40(31)52/h4-7,9-12,15-17,20-25,33-34H,8,13-14,18-19,26-27H2,1-3H3,(H,53,54). The largest absolute Gasteiger partial charge is 0.493 e. The van der Waals surface area contributed by atoms with E-state index in [0.717, 1.165) is 39.3 Å². The number of hydrogen-bond donors (Lipinski definition) is 1. The lowest BCUT2D eigenvalue weighted by molar-refractivity contribution is -0.137. The number of carboxylic acid groups (broad SMARTS) is 1. The second-order valence-electron chi connectivity index (χ2n) is 15.3. The fraction of sp³-hybridized carbons (Fsp3) is 0.255. The van der Waals surface area contributed by atoms with E-state index in [0.29, 0.717) is 71.3 Å². The third-order valence-electron chi connectivity index (χ3n) is 11.4. The molecule has 0 bridgehead atoms. The first-order chi connectivity index (χ1) is 29.2. The van der Waals surface area contributed by atoms with Gasteiger partial charge >= 0.3 is 5.97 Å². The summed E-state index contributed by atoms with van der Waals surface area (Å²) < 4.78 is 24.3. The van der Waals surface area contributed by atoms with Crippen LogP contribution < -0.4 is 33.6 Å². The van der Waals surface area contributed by atoms with E-state index in [2.05, 4.69) is 0 Å². The lowest BCUT2D eigenvalue weighted by Crippen LogP contribution is -2.37. The van der Waals surface area contributed by atoms with Crippen molar-refractivity contribution in [1.29, 1.82) is 0 Å². The van der Waals surface area contributed by atoms with E-state index in [4.69, 9.17) is 28.9 Å². The van der Waals surface area contributed by atoms with Crippen LogP contribution in [0.5, 0.6) is 23.0 Å². The number of benzene rings is 5. The minimum absolute atomic E-state index is 0.0470. The Bertz CT molecular complexity index is 2440. The van der Waals surface area contributed by atoms with Crippen LogP contribution in [0.2, 0.25) is 0 Å². The first kappa shape index (κ1) is 38.4. The van der Waals surface area contributed by atoms with Crippen molar-refractivity contribution in [3.05, 3.63) is 124 Å². The summed E-state index contributed by atoms with van der Waals surface area (Å²) in [6, 6.07) is 28.2. The molecule has 304 valence electrons. The van der Waals surface area contributed by atoms with Crippen molar-refractivity contribution in [2.24, 2.45) is 9.98 Å². The number of methoxy groups -OCH3 is 2. The first-order valence-electron chi connectivity index (χ1n) is 19.9. The van der Waals surface area contributed by atoms with Gasteiger partial charge in [-0.05, 0) is 71.1 Å². The molecule has 13 nitrogen and oxygen atoms in total. The monoisotopic (exact) mass is 805 g/mol. The van der Waals surface area contributed by atoms with Crippen LogP contribution in [0.1, 0.15) is 55.8 Å². The maximum absolute atomic E-state index is 13.9. The van der Waals surface area contributed by atoms with Crippen molar-refractivity contribution in [2.75, 3.05) is 42.5 Å². The topological polar surface area (TPSA) is 143 Å². The molecule has 0 spiro atoms. The Kier molecular flexibility index (Phi) is 10.2. The molecule has 5 aromatic rings. The third-order valence-corrected chi connectivity index (χ3v) is 11.4. The van der Waals surface area contributed by atoms with Gasteiger partial charge in [0.1, 0.15) is 13.2 Å². The third kappa shape index (κ3) is 7.16. The lowest BCUT2D eigenvalue weighted by Gasteiger charge is -2.23. The molecule has 4 aliphatic rings. The lowest BCUT2D eigenvalue weighted by atomic mass is 10.1. The number of anilines is 3. The average molecular weight is 806 g/mol. The zero-order valence-electron chi connectivity index (χ0n) is 33.5. The Labute approximate surface area is 347 Å². The summed E-state index contributed by atoms with van der Waals surface area (Å²) in [5, 5.41) is 9.27. The van der Waals surface area contributed by atoms with Crippen LogP contribution in [-0.4, -0.2) is 75.2 Å². The number of carbonyl (C=O) groups is 3. The van der Waals surface area contributed by atoms with E-state index >= 15 is 0 Å². The van der Waals surface area contributed by atoms with Crippen molar-refractivity contribution in [2.45, 2.75) is 51.0 Å². The van der Waals surface area contributed by atoms with Crippen molar-refractivity contribution in [3.63, 3.8) is 0 Å². The van der Waals surface area contributed by atoms with Crippen molar-refractivity contribution in [3.8, 4) is 23.0 Å². The number of aliphatic imine (C=N–C) groups is 2. The molecule has 60 heavy (non-hydrogen) atoms. The predicted molar refractivity (Wildman–Crippen MR) is 229 cm³/mol. The summed E-state index contributed by atoms with van der Waals surface area (Å²) in [6.45, 7) is 0.786. The molecule has 4 aliphatic heterocycles. The van der Waals surface area contributed by atoms with E-state index in [1.807, 2.05) is 91.1 Å². The Morgan fingerprint density at radius 1 is 0.700 bits per heavy atom. The molecule has 2 unspecified atom stereocenters. The van der Waals surface area contributed by atoms with Crippen molar-refractivity contribution >= 4 is 58.6 Å². The highest BCUT2D eigenvalue weighted by Gasteiger charge is 2.38. The summed E-state index contributed by atoms with van der Waals surface area (Å²) >= 11 is 0. The second-order valence-corrected chi connectivity index (χ2v) is 15.3. The van der Waals surface area contributed by atoms with Crippen LogP contribution in [-0.2, 0) is 30.8 Å². The van der Waals surface area contributed by atoms with Gasteiger partial charge in [0.15, 0.2) is 23.0 Å². The molecule has 9 rings (SSSR count). The fourth-order valence-electron chi connectivity index (χ4n) is 8.43. The highest BCUT2D eigenvalue weighted by atomic mass is 16.5. The Balaban J connectivity index is 0.973. The molecule has 0 aromatic heterocycles. The minimum atomic E-state index is -0.850. The van der Waals surface area contributed by atoms with E-state index < -0.39 is 5.97 Å². The molecule has 5 aromatic carbocycles. The van der Waals surface area contributed by atoms with Gasteiger partial charge in [0.05, 0.1) is 48.8 Å². The molecule has 0 saturated carbocycles. The smallest absolute Gasteiger partial charge is 0.303 e. The molecular formula is C47H43N5O8. The van der Waals surface area contributed by atoms with E-state index in [-0.39, 0.29) is 43.5 Å². The van der Waals surface area contributed by atoms with Gasteiger partial charge in [-0.25, -0.2) is 0 Å². The molecule has 4 heterocycles. The SMILES string of the molecule is COc1cc2c(cc1OCc1cc(COc3cc4c(cc3OC)C(=O)N3c5ccccc5CC3C=N4)cc(N(C)CCCC(=O)O)c1)N=CC1Cc3ccccc3N1C2=O. The van der Waals surface area contributed by atoms with Crippen LogP contribution in [0.15, 0.2) is 101 Å². The van der Waals surface area contributed by atoms with Crippen molar-refractivity contribution in [1.82, 2.24) is 0 Å². The maximum atomic E-state index is 13.9. The van der Waals surface area contributed by atoms with E-state index in [9.17, 15) is 19.5 Å². The number of fused-ring (bicyclic) bond motifs is 8. The summed E-state index contributed by atoms with van der Waals surface area (Å²) in [6.07, 6.45) is 5.53. The molecule has 0 aliphatic carbocycles. The van der Waals surface area contributed by atoms with E-state index in [1.54, 1.807) is 34.1 Å². The molecule has 2 atom stereocenters. The summed E-state index contributed by atoms with van der Waals surface area (Å²) in [5.74, 6) is 0.495. The van der Waals surface area contributed by atoms with Gasteiger partial charge in [0, 0.05) is 74.5 Å². The number of nitrogens with zero attached hydrogens (tertiary/aromatic N) is 5. The number of carboxylic acids is 1. The number of amides is 2. The normalized spacial score (nSPS) is 16.8. The van der Waals surface area contributed by atoms with Crippen LogP contribution in [0.25, 0.3) is 0 Å². The maximum Gasteiger partial charge on any atom is 0.303 e. The van der Waals surface area contributed by atoms with Gasteiger partial charge < -0.3 is 29.0 Å². The zero-order valence-corrected chi connectivity index (χ0v) is 33.5. The molecular weight excluding hydrogens is 763 g/mol. The molecule has 0 radical (unpaired) electrons. The summed E-state index contributed by atoms with van der Waals surface area (Å²) in [5.41, 5.74) is 8.29. The summed E-state index contributed by atoms with van der Waals surface area (Å²) in [4.78, 5) is 54.3. The highest BCUT2D eigenvalue weighted by molar-refractivity contribution is 6.15. The van der Waals surface area contributed by atoms with Crippen LogP contribution in [0.4, 0.5) is 28.4 Å². The quantitative estimate of drug-likeness (QED) is 0.126. The predicted octanol–water partition coefficient (Wildman–Crippen LogP) is 7.74. The first-order valence-corrected chi connectivity index (χ1v) is 19.9. The number of hydrogen-bond acceptors (Lipinski definition) is 10. The fourth-order valence-corrected chi connectivity index (χ4v) is 8.43. The van der Waals surface area contributed by atoms with Gasteiger partial charge in [-0.2, -0.15) is 0 Å². The van der Waals surface area contributed by atoms with E-state index in [1.165, 1.54) is 14.2 Å². The second kappa shape index (κ2) is 15.9. The number of rotatable bonds is 13. The number of carbonyl (C=O) groups excluding carboxylic acids is 2. The van der Waals surface area contributed by atoms with Gasteiger partial charge in [-0.1, -0.05) is 36.4 Å². The van der Waals surface area contributed by atoms with Gasteiger partial charge in [0.25, 0.3) is 11.8 Å². The summed E-state index contributed by atoms with van der Waals surface area (Å²) in [7, 11) is 4.99. The highest BCUT2D eigenvalue weighted by Crippen LogP contribution is 2.43. The number of ether oxygens (including phenoxy) is 4. The van der Waals surface area contributed by atoms with Crippen molar-refractivity contribution < 1.29 is 38.4 Å². The molecule has 0 fully saturated rings. The van der Waals surface area contributed by atoms with Gasteiger partial charge in [-0.3, -0.25) is 34.2 Å². The Hall–Kier alpha value is -7.15. The Morgan fingerprint density at radius 3 is 1.65 bits per heavy atom. The average Bonchev–Trinajstić information content (AvgIpc) is 3.75. The van der Waals surface area contributed by atoms with Gasteiger partial charge in [0.2, 0.25) is 0 Å². The van der Waals surface area contributed by atoms with Crippen LogP contribution in [0, 0.1) is 0 Å². The number of para-hydroxylation sites is 2. The van der Waals surface area contributed by atoms with Gasteiger partial charge in [-0.15, -0.1) is 0 Å². The number of aliphatic carboxylic acids is 1. The molecule has 2 amide bonds. The zero-order chi connectivity index (χ0) is 41.5.